The van der Waals surface area contributed by atoms with Gasteiger partial charge in [-0.1, -0.05) is 6.92 Å². The molecule has 0 saturated carbocycles. The molecule has 0 radical (unpaired) electrons. The third kappa shape index (κ3) is 2.03. The van der Waals surface area contributed by atoms with Crippen LogP contribution in [0.5, 0.6) is 5.75 Å². The fourth-order valence-electron chi connectivity index (χ4n) is 1.36. The van der Waals surface area contributed by atoms with Crippen molar-refractivity contribution in [2.75, 3.05) is 6.61 Å². The highest BCUT2D eigenvalue weighted by atomic mass is 16.5. The predicted molar refractivity (Wildman–Crippen MR) is 58.3 cm³/mol. The summed E-state index contributed by atoms with van der Waals surface area (Å²) in [6, 6.07) is 8.00. The molecule has 2 aromatic rings. The minimum Gasteiger partial charge on any atom is -0.494 e. The Morgan fingerprint density at radius 3 is 2.47 bits per heavy atom. The average Bonchev–Trinajstić information content (AvgIpc) is 2.26. The highest BCUT2D eigenvalue weighted by Crippen LogP contribution is 2.15. The highest BCUT2D eigenvalue weighted by Gasteiger charge is 2.01. The van der Waals surface area contributed by atoms with Crippen molar-refractivity contribution in [2.45, 2.75) is 13.3 Å². The molecule has 15 heavy (non-hydrogen) atoms. The second kappa shape index (κ2) is 4.21. The molecule has 0 unspecified atom stereocenters. The Kier molecular flexibility index (Phi) is 2.76. The van der Waals surface area contributed by atoms with Gasteiger partial charge in [0.2, 0.25) is 0 Å². The molecule has 0 bridgehead atoms. The van der Waals surface area contributed by atoms with Gasteiger partial charge < -0.3 is 4.74 Å². The van der Waals surface area contributed by atoms with Crippen LogP contribution in [-0.2, 0) is 7.05 Å². The first-order valence-corrected chi connectivity index (χ1v) is 5.11. The monoisotopic (exact) mass is 205 g/mol. The number of rotatable bonds is 4. The van der Waals surface area contributed by atoms with Gasteiger partial charge in [0, 0.05) is 7.05 Å². The van der Waals surface area contributed by atoms with Crippen molar-refractivity contribution in [1.29, 1.82) is 0 Å². The molecule has 0 fully saturated rings. The first kappa shape index (κ1) is 9.83. The topological polar surface area (TPSA) is 32.0 Å². The minimum atomic E-state index is 0.768. The van der Waals surface area contributed by atoms with Gasteiger partial charge in [-0.05, 0) is 30.7 Å². The second-order valence-electron chi connectivity index (χ2n) is 3.41. The van der Waals surface area contributed by atoms with Crippen LogP contribution in [0.1, 0.15) is 13.3 Å². The lowest BCUT2D eigenvalue weighted by Gasteiger charge is -2.15. The van der Waals surface area contributed by atoms with Crippen LogP contribution in [0.2, 0.25) is 0 Å². The van der Waals surface area contributed by atoms with Gasteiger partial charge in [-0.25, -0.2) is 9.48 Å². The van der Waals surface area contributed by atoms with Crippen molar-refractivity contribution in [1.82, 2.24) is 14.6 Å². The molecule has 0 spiro atoms. The maximum absolute atomic E-state index is 5.50. The highest BCUT2D eigenvalue weighted by molar-refractivity contribution is 5.36. The van der Waals surface area contributed by atoms with Crippen molar-refractivity contribution in [3.05, 3.63) is 30.6 Å². The Morgan fingerprint density at radius 2 is 2.00 bits per heavy atom. The SMILES string of the molecule is CCCOc1ccc(-n2cnn2C)cc1. The van der Waals surface area contributed by atoms with Crippen LogP contribution in [0.4, 0.5) is 0 Å². The van der Waals surface area contributed by atoms with E-state index in [9.17, 15) is 0 Å². The fourth-order valence-corrected chi connectivity index (χ4v) is 1.36. The summed E-state index contributed by atoms with van der Waals surface area (Å²) in [5, 5.41) is 4.00. The van der Waals surface area contributed by atoms with E-state index in [1.807, 2.05) is 36.0 Å². The fraction of sp³-hybridized carbons (Fsp3) is 0.364. The van der Waals surface area contributed by atoms with E-state index in [4.69, 9.17) is 4.74 Å². The molecule has 0 aliphatic heterocycles. The molecule has 0 amide bonds. The van der Waals surface area contributed by atoms with Crippen LogP contribution in [-0.4, -0.2) is 21.2 Å². The summed E-state index contributed by atoms with van der Waals surface area (Å²) in [6.07, 6.45) is 2.81. The molecular weight excluding hydrogens is 190 g/mol. The smallest absolute Gasteiger partial charge is 0.139 e. The Bertz CT molecular complexity index is 413. The zero-order valence-electron chi connectivity index (χ0n) is 9.05. The van der Waals surface area contributed by atoms with Gasteiger partial charge in [-0.15, -0.1) is 5.10 Å². The van der Waals surface area contributed by atoms with Gasteiger partial charge in [0.05, 0.1) is 12.3 Å². The van der Waals surface area contributed by atoms with Crippen LogP contribution in [0.3, 0.4) is 0 Å². The van der Waals surface area contributed by atoms with E-state index in [0.29, 0.717) is 0 Å². The van der Waals surface area contributed by atoms with Crippen LogP contribution in [0, 0.1) is 0 Å². The molecule has 0 aliphatic carbocycles. The van der Waals surface area contributed by atoms with Gasteiger partial charge in [0.15, 0.2) is 0 Å². The van der Waals surface area contributed by atoms with Crippen molar-refractivity contribution in [3.8, 4) is 11.4 Å². The zero-order valence-corrected chi connectivity index (χ0v) is 9.05. The average molecular weight is 205 g/mol. The van der Waals surface area contributed by atoms with Crippen LogP contribution in [0.15, 0.2) is 30.6 Å². The number of aryl methyl sites for hydroxylation is 1. The summed E-state index contributed by atoms with van der Waals surface area (Å²) in [6.45, 7) is 2.87. The predicted octanol–water partition coefficient (Wildman–Crippen LogP) is 2.00. The molecule has 1 aromatic carbocycles. The van der Waals surface area contributed by atoms with Crippen molar-refractivity contribution in [3.63, 3.8) is 0 Å². The third-order valence-corrected chi connectivity index (χ3v) is 2.21. The maximum Gasteiger partial charge on any atom is 0.139 e. The summed E-state index contributed by atoms with van der Waals surface area (Å²) >= 11 is 0. The van der Waals surface area contributed by atoms with E-state index < -0.39 is 0 Å². The van der Waals surface area contributed by atoms with Crippen molar-refractivity contribution < 1.29 is 4.74 Å². The maximum atomic E-state index is 5.50. The Morgan fingerprint density at radius 1 is 1.27 bits per heavy atom. The van der Waals surface area contributed by atoms with Gasteiger partial charge in [-0.2, -0.15) is 0 Å². The number of aromatic nitrogens is 3. The largest absolute Gasteiger partial charge is 0.494 e. The molecule has 2 rings (SSSR count). The van der Waals surface area contributed by atoms with Gasteiger partial charge >= 0.3 is 0 Å². The van der Waals surface area contributed by atoms with Crippen molar-refractivity contribution in [2.24, 2.45) is 7.05 Å². The Hall–Kier alpha value is -1.71. The Balaban J connectivity index is 2.09. The van der Waals surface area contributed by atoms with Crippen molar-refractivity contribution >= 4 is 0 Å². The third-order valence-electron chi connectivity index (χ3n) is 2.21. The lowest BCUT2D eigenvalue weighted by atomic mass is 10.3. The second-order valence-corrected chi connectivity index (χ2v) is 3.41. The van der Waals surface area contributed by atoms with Crippen LogP contribution < -0.4 is 4.74 Å². The zero-order chi connectivity index (χ0) is 10.7. The molecule has 1 heterocycles. The van der Waals surface area contributed by atoms with Crippen LogP contribution in [0.25, 0.3) is 5.69 Å². The van der Waals surface area contributed by atoms with Gasteiger partial charge in [0.1, 0.15) is 12.1 Å². The lowest BCUT2D eigenvalue weighted by Crippen LogP contribution is -2.19. The first-order valence-electron chi connectivity index (χ1n) is 5.11. The number of benzene rings is 1. The summed E-state index contributed by atoms with van der Waals surface area (Å²) in [5.41, 5.74) is 1.09. The molecule has 80 valence electrons. The molecule has 0 saturated heterocycles. The number of hydrogen-bond donors (Lipinski definition) is 0. The Labute approximate surface area is 89.1 Å². The van der Waals surface area contributed by atoms with E-state index >= 15 is 0 Å². The standard InChI is InChI=1S/C11H15N3O/c1-3-8-15-11-6-4-10(5-7-11)14-9-12-13(14)2/h4-7,9H,3,8H2,1-2H3. The molecule has 0 atom stereocenters. The van der Waals surface area contributed by atoms with E-state index in [1.165, 1.54) is 0 Å². The van der Waals surface area contributed by atoms with Crippen LogP contribution >= 0.6 is 0 Å². The van der Waals surface area contributed by atoms with E-state index in [-0.39, 0.29) is 0 Å². The molecule has 4 nitrogen and oxygen atoms in total. The number of ether oxygens (including phenoxy) is 1. The first-order chi connectivity index (χ1) is 7.31. The molecule has 1 aromatic heterocycles. The van der Waals surface area contributed by atoms with Gasteiger partial charge in [0.25, 0.3) is 0 Å². The summed E-state index contributed by atoms with van der Waals surface area (Å²) in [7, 11) is 1.90. The molecular formula is C11H15N3O. The minimum absolute atomic E-state index is 0.768. The summed E-state index contributed by atoms with van der Waals surface area (Å²) in [4.78, 5) is 1.78. The molecule has 4 heteroatoms. The summed E-state index contributed by atoms with van der Waals surface area (Å²) in [5.74, 6) is 0.917. The lowest BCUT2D eigenvalue weighted by molar-refractivity contribution is 0.317. The summed E-state index contributed by atoms with van der Waals surface area (Å²) < 4.78 is 7.46. The molecule has 0 aliphatic rings. The molecule has 0 N–H and O–H groups in total. The number of nitrogens with zero attached hydrogens (tertiary/aromatic N) is 3. The quantitative estimate of drug-likeness (QED) is 0.764. The van der Waals surface area contributed by atoms with E-state index in [0.717, 1.165) is 24.5 Å². The normalized spacial score (nSPS) is 10.5. The van der Waals surface area contributed by atoms with Gasteiger partial charge in [-0.3, -0.25) is 0 Å². The van der Waals surface area contributed by atoms with E-state index in [1.54, 1.807) is 11.1 Å². The number of hydrogen-bond acceptors (Lipinski definition) is 2. The van der Waals surface area contributed by atoms with E-state index in [2.05, 4.69) is 12.0 Å².